The Morgan fingerprint density at radius 3 is 2.44 bits per heavy atom. The molecule has 0 spiro atoms. The van der Waals surface area contributed by atoms with E-state index in [1.54, 1.807) is 18.2 Å². The first-order valence-corrected chi connectivity index (χ1v) is 2.99. The van der Waals surface area contributed by atoms with Crippen LogP contribution in [0.1, 0.15) is 6.92 Å². The molecule has 0 aromatic heterocycles. The Bertz CT molecular complexity index is 156. The summed E-state index contributed by atoms with van der Waals surface area (Å²) in [4.78, 5) is 0. The molecular weight excluding hydrogens is 134 g/mol. The van der Waals surface area contributed by atoms with Crippen LogP contribution >= 0.6 is 11.6 Å². The topological polar surface area (TPSA) is 26.0 Å². The van der Waals surface area contributed by atoms with Gasteiger partial charge in [-0.1, -0.05) is 24.3 Å². The number of allylic oxidation sites excluding steroid dienone is 4. The number of hydrogen-bond donors (Lipinski definition) is 1. The van der Waals surface area contributed by atoms with Crippen LogP contribution in [0.25, 0.3) is 0 Å². The van der Waals surface area contributed by atoms with Gasteiger partial charge in [-0.25, -0.2) is 0 Å². The van der Waals surface area contributed by atoms with Gasteiger partial charge in [-0.2, -0.15) is 0 Å². The molecule has 1 nitrogen and oxygen atoms in total. The molecule has 0 atom stereocenters. The lowest BCUT2D eigenvalue weighted by Gasteiger charge is -1.86. The highest BCUT2D eigenvalue weighted by atomic mass is 35.5. The highest BCUT2D eigenvalue weighted by Gasteiger charge is 1.77. The Kier molecular flexibility index (Phi) is 3.89. The molecule has 50 valence electrons. The highest BCUT2D eigenvalue weighted by Crippen LogP contribution is 1.99. The van der Waals surface area contributed by atoms with Gasteiger partial charge < -0.3 is 5.73 Å². The van der Waals surface area contributed by atoms with Gasteiger partial charge >= 0.3 is 0 Å². The second-order valence-corrected chi connectivity index (χ2v) is 2.05. The summed E-state index contributed by atoms with van der Waals surface area (Å²) in [6.45, 7) is 5.32. The quantitative estimate of drug-likeness (QED) is 0.589. The maximum atomic E-state index is 5.41. The highest BCUT2D eigenvalue weighted by molar-refractivity contribution is 6.30. The van der Waals surface area contributed by atoms with Gasteiger partial charge in [0.2, 0.25) is 0 Å². The summed E-state index contributed by atoms with van der Waals surface area (Å²) in [6, 6.07) is 0. The monoisotopic (exact) mass is 143 g/mol. The van der Waals surface area contributed by atoms with Gasteiger partial charge in [0.1, 0.15) is 0 Å². The van der Waals surface area contributed by atoms with Gasteiger partial charge in [0, 0.05) is 10.7 Å². The molecule has 0 fully saturated rings. The minimum absolute atomic E-state index is 0.486. The predicted molar refractivity (Wildman–Crippen MR) is 42.1 cm³/mol. The van der Waals surface area contributed by atoms with Crippen LogP contribution in [-0.4, -0.2) is 0 Å². The lowest BCUT2D eigenvalue weighted by atomic mass is 10.4. The van der Waals surface area contributed by atoms with Gasteiger partial charge in [-0.15, -0.1) is 0 Å². The Morgan fingerprint density at radius 1 is 1.56 bits per heavy atom. The Balaban J connectivity index is 3.86. The lowest BCUT2D eigenvalue weighted by molar-refractivity contribution is 1.39. The molecule has 0 aliphatic rings. The molecule has 0 aromatic rings. The van der Waals surface area contributed by atoms with Gasteiger partial charge in [0.15, 0.2) is 0 Å². The van der Waals surface area contributed by atoms with E-state index in [-0.39, 0.29) is 0 Å². The van der Waals surface area contributed by atoms with Crippen molar-refractivity contribution in [3.8, 4) is 0 Å². The molecule has 0 radical (unpaired) electrons. The van der Waals surface area contributed by atoms with Crippen LogP contribution in [0.2, 0.25) is 0 Å². The molecule has 0 saturated heterocycles. The van der Waals surface area contributed by atoms with E-state index in [2.05, 4.69) is 6.58 Å². The smallest absolute Gasteiger partial charge is 0.0334 e. The van der Waals surface area contributed by atoms with Crippen molar-refractivity contribution in [1.29, 1.82) is 0 Å². The molecule has 0 bridgehead atoms. The summed E-state index contributed by atoms with van der Waals surface area (Å²) in [6.07, 6.45) is 5.14. The third-order valence-electron chi connectivity index (χ3n) is 0.790. The number of halogens is 1. The van der Waals surface area contributed by atoms with E-state index in [0.29, 0.717) is 10.7 Å². The molecule has 2 heteroatoms. The van der Waals surface area contributed by atoms with Crippen LogP contribution in [0.5, 0.6) is 0 Å². The Labute approximate surface area is 60.5 Å². The first kappa shape index (κ1) is 8.31. The fourth-order valence-corrected chi connectivity index (χ4v) is 0.346. The zero-order valence-electron chi connectivity index (χ0n) is 5.39. The van der Waals surface area contributed by atoms with Gasteiger partial charge in [-0.05, 0) is 19.1 Å². The standard InChI is InChI=1S/C7H10ClN/c1-3-7(9)5-4-6(2)8/h3-5H,2,9H2,1H3. The second kappa shape index (κ2) is 4.21. The molecule has 0 unspecified atom stereocenters. The van der Waals surface area contributed by atoms with Crippen LogP contribution in [0.15, 0.2) is 35.5 Å². The molecule has 0 heterocycles. The molecular formula is C7H10ClN. The van der Waals surface area contributed by atoms with Crippen LogP contribution in [-0.2, 0) is 0 Å². The predicted octanol–water partition coefficient (Wildman–Crippen LogP) is 2.16. The summed E-state index contributed by atoms with van der Waals surface area (Å²) >= 11 is 5.41. The van der Waals surface area contributed by atoms with Gasteiger partial charge in [0.05, 0.1) is 0 Å². The van der Waals surface area contributed by atoms with E-state index in [1.807, 2.05) is 6.92 Å². The second-order valence-electron chi connectivity index (χ2n) is 1.57. The van der Waals surface area contributed by atoms with Gasteiger partial charge in [0.25, 0.3) is 0 Å². The maximum Gasteiger partial charge on any atom is 0.0334 e. The van der Waals surface area contributed by atoms with Crippen molar-refractivity contribution < 1.29 is 0 Å². The molecule has 0 aromatic carbocycles. The fraction of sp³-hybridized carbons (Fsp3) is 0.143. The number of rotatable bonds is 2. The summed E-state index contributed by atoms with van der Waals surface area (Å²) in [5, 5.41) is 0.486. The van der Waals surface area contributed by atoms with Crippen LogP contribution in [0.4, 0.5) is 0 Å². The molecule has 0 saturated carbocycles. The third-order valence-corrected chi connectivity index (χ3v) is 0.916. The van der Waals surface area contributed by atoms with E-state index in [0.717, 1.165) is 0 Å². The van der Waals surface area contributed by atoms with E-state index in [1.165, 1.54) is 0 Å². The third kappa shape index (κ3) is 5.18. The van der Waals surface area contributed by atoms with Crippen molar-refractivity contribution in [1.82, 2.24) is 0 Å². The van der Waals surface area contributed by atoms with Crippen molar-refractivity contribution in [3.63, 3.8) is 0 Å². The van der Waals surface area contributed by atoms with E-state index < -0.39 is 0 Å². The van der Waals surface area contributed by atoms with Crippen molar-refractivity contribution in [2.24, 2.45) is 5.73 Å². The molecule has 0 amide bonds. The normalized spacial score (nSPS) is 12.4. The van der Waals surface area contributed by atoms with Gasteiger partial charge in [-0.3, -0.25) is 0 Å². The fourth-order valence-electron chi connectivity index (χ4n) is 0.283. The van der Waals surface area contributed by atoms with Crippen molar-refractivity contribution in [2.75, 3.05) is 0 Å². The number of nitrogens with two attached hydrogens (primary N) is 1. The van der Waals surface area contributed by atoms with E-state index >= 15 is 0 Å². The first-order chi connectivity index (χ1) is 4.16. The average molecular weight is 144 g/mol. The van der Waals surface area contributed by atoms with Crippen molar-refractivity contribution >= 4 is 11.6 Å². The molecule has 2 N–H and O–H groups in total. The zero-order chi connectivity index (χ0) is 7.28. The zero-order valence-corrected chi connectivity index (χ0v) is 6.15. The summed E-state index contributed by atoms with van der Waals surface area (Å²) in [5.74, 6) is 0. The average Bonchev–Trinajstić information content (AvgIpc) is 1.83. The van der Waals surface area contributed by atoms with Crippen molar-refractivity contribution in [3.05, 3.63) is 35.5 Å². The van der Waals surface area contributed by atoms with Crippen LogP contribution < -0.4 is 5.73 Å². The summed E-state index contributed by atoms with van der Waals surface area (Å²) in [7, 11) is 0. The largest absolute Gasteiger partial charge is 0.399 e. The van der Waals surface area contributed by atoms with E-state index in [9.17, 15) is 0 Å². The SMILES string of the molecule is C=C(Cl)C=CC(N)=CC. The van der Waals surface area contributed by atoms with Crippen LogP contribution in [0.3, 0.4) is 0 Å². The first-order valence-electron chi connectivity index (χ1n) is 2.61. The Hall–Kier alpha value is -0.690. The maximum absolute atomic E-state index is 5.41. The van der Waals surface area contributed by atoms with E-state index in [4.69, 9.17) is 17.3 Å². The molecule has 0 aliphatic heterocycles. The minimum atomic E-state index is 0.486. The van der Waals surface area contributed by atoms with Crippen molar-refractivity contribution in [2.45, 2.75) is 6.92 Å². The summed E-state index contributed by atoms with van der Waals surface area (Å²) in [5.41, 5.74) is 6.09. The molecule has 0 aliphatic carbocycles. The molecule has 9 heavy (non-hydrogen) atoms. The minimum Gasteiger partial charge on any atom is -0.399 e. The lowest BCUT2D eigenvalue weighted by Crippen LogP contribution is -1.90. The van der Waals surface area contributed by atoms with Crippen LogP contribution in [0, 0.1) is 0 Å². The summed E-state index contributed by atoms with van der Waals surface area (Å²) < 4.78 is 0. The Morgan fingerprint density at radius 2 is 2.11 bits per heavy atom. The number of hydrogen-bond acceptors (Lipinski definition) is 1. The molecule has 0 rings (SSSR count).